The average Bonchev–Trinajstić information content (AvgIpc) is 2.29. The second-order valence-corrected chi connectivity index (χ2v) is 5.80. The van der Waals surface area contributed by atoms with Gasteiger partial charge in [-0.2, -0.15) is 0 Å². The fourth-order valence-electron chi connectivity index (χ4n) is 1.82. The molecule has 2 heteroatoms. The van der Waals surface area contributed by atoms with E-state index >= 15 is 0 Å². The van der Waals surface area contributed by atoms with Crippen LogP contribution >= 0.6 is 22.6 Å². The van der Waals surface area contributed by atoms with E-state index in [2.05, 4.69) is 72.6 Å². The zero-order valence-electron chi connectivity index (χ0n) is 10.8. The van der Waals surface area contributed by atoms with Gasteiger partial charge in [-0.05, 0) is 73.0 Å². The first-order valence-electron chi connectivity index (χ1n) is 6.26. The summed E-state index contributed by atoms with van der Waals surface area (Å²) in [5.74, 6) is 0. The van der Waals surface area contributed by atoms with Gasteiger partial charge in [-0.15, -0.1) is 6.58 Å². The summed E-state index contributed by atoms with van der Waals surface area (Å²) < 4.78 is 1.30. The zero-order valence-corrected chi connectivity index (χ0v) is 13.0. The van der Waals surface area contributed by atoms with Crippen LogP contribution in [0.3, 0.4) is 0 Å². The lowest BCUT2D eigenvalue weighted by molar-refractivity contribution is 0.498. The third kappa shape index (κ3) is 5.68. The van der Waals surface area contributed by atoms with Crippen molar-refractivity contribution in [2.45, 2.75) is 39.2 Å². The van der Waals surface area contributed by atoms with Crippen molar-refractivity contribution in [1.82, 2.24) is 5.32 Å². The molecule has 0 radical (unpaired) electrons. The van der Waals surface area contributed by atoms with Crippen LogP contribution in [0.1, 0.15) is 44.7 Å². The van der Waals surface area contributed by atoms with E-state index in [1.807, 2.05) is 0 Å². The van der Waals surface area contributed by atoms with Crippen molar-refractivity contribution in [3.05, 3.63) is 45.6 Å². The van der Waals surface area contributed by atoms with E-state index in [9.17, 15) is 0 Å². The molecule has 0 aromatic heterocycles. The molecule has 0 aliphatic carbocycles. The monoisotopic (exact) mass is 343 g/mol. The second-order valence-electron chi connectivity index (χ2n) is 4.56. The zero-order chi connectivity index (χ0) is 12.7. The first-order chi connectivity index (χ1) is 8.13. The van der Waals surface area contributed by atoms with Crippen LogP contribution < -0.4 is 5.32 Å². The van der Waals surface area contributed by atoms with Crippen LogP contribution in [0.25, 0.3) is 0 Å². The van der Waals surface area contributed by atoms with Crippen LogP contribution in [0.2, 0.25) is 0 Å². The minimum Gasteiger partial charge on any atom is -0.310 e. The fraction of sp³-hybridized carbons (Fsp3) is 0.467. The van der Waals surface area contributed by atoms with Crippen molar-refractivity contribution < 1.29 is 0 Å². The highest BCUT2D eigenvalue weighted by molar-refractivity contribution is 14.1. The van der Waals surface area contributed by atoms with Gasteiger partial charge in [0.05, 0.1) is 0 Å². The average molecular weight is 343 g/mol. The molecule has 1 N–H and O–H groups in total. The largest absolute Gasteiger partial charge is 0.310 e. The lowest BCUT2D eigenvalue weighted by Gasteiger charge is -2.19. The predicted molar refractivity (Wildman–Crippen MR) is 84.2 cm³/mol. The van der Waals surface area contributed by atoms with E-state index in [-0.39, 0.29) is 0 Å². The quantitative estimate of drug-likeness (QED) is 0.560. The molecule has 1 unspecified atom stereocenters. The molecule has 0 aliphatic rings. The van der Waals surface area contributed by atoms with Crippen LogP contribution in [0, 0.1) is 3.57 Å². The van der Waals surface area contributed by atoms with E-state index in [1.54, 1.807) is 0 Å². The van der Waals surface area contributed by atoms with E-state index in [1.165, 1.54) is 21.1 Å². The molecule has 1 atom stereocenters. The molecule has 0 spiro atoms. The molecule has 94 valence electrons. The van der Waals surface area contributed by atoms with E-state index in [0.29, 0.717) is 6.04 Å². The highest BCUT2D eigenvalue weighted by Gasteiger charge is 2.10. The van der Waals surface area contributed by atoms with Crippen LogP contribution in [0.5, 0.6) is 0 Å². The Morgan fingerprint density at radius 1 is 1.47 bits per heavy atom. The molecule has 1 rings (SSSR count). The third-order valence-electron chi connectivity index (χ3n) is 2.75. The molecular weight excluding hydrogens is 321 g/mol. The van der Waals surface area contributed by atoms with Crippen molar-refractivity contribution in [3.8, 4) is 0 Å². The highest BCUT2D eigenvalue weighted by Crippen LogP contribution is 2.22. The number of halogens is 1. The third-order valence-corrected chi connectivity index (χ3v) is 3.42. The number of hydrogen-bond donors (Lipinski definition) is 1. The minimum atomic E-state index is 0.460. The Balaban J connectivity index is 2.70. The second kappa shape index (κ2) is 7.88. The molecule has 1 nitrogen and oxygen atoms in total. The van der Waals surface area contributed by atoms with E-state index < -0.39 is 0 Å². The molecule has 0 saturated carbocycles. The summed E-state index contributed by atoms with van der Waals surface area (Å²) in [6.45, 7) is 9.37. The number of nitrogens with one attached hydrogen (secondary N) is 1. The molecule has 0 amide bonds. The lowest BCUT2D eigenvalue weighted by Crippen LogP contribution is -2.22. The maximum Gasteiger partial charge on any atom is 0.0323 e. The molecule has 1 aromatic carbocycles. The lowest BCUT2D eigenvalue weighted by atomic mass is 10.00. The fourth-order valence-corrected chi connectivity index (χ4v) is 2.39. The smallest absolute Gasteiger partial charge is 0.0323 e. The molecule has 0 saturated heterocycles. The van der Waals surface area contributed by atoms with Gasteiger partial charge in [0.15, 0.2) is 0 Å². The minimum absolute atomic E-state index is 0.460. The number of benzene rings is 1. The van der Waals surface area contributed by atoms with Crippen LogP contribution in [-0.4, -0.2) is 6.54 Å². The van der Waals surface area contributed by atoms with E-state index in [0.717, 1.165) is 19.4 Å². The summed E-state index contributed by atoms with van der Waals surface area (Å²) in [4.78, 5) is 0. The Bertz CT molecular complexity index is 360. The van der Waals surface area contributed by atoms with Crippen LogP contribution in [0.4, 0.5) is 0 Å². The predicted octanol–water partition coefficient (Wildman–Crippen LogP) is 4.69. The number of allylic oxidation sites excluding steroid dienone is 1. The van der Waals surface area contributed by atoms with Gasteiger partial charge in [-0.1, -0.05) is 24.6 Å². The van der Waals surface area contributed by atoms with Gasteiger partial charge >= 0.3 is 0 Å². The number of hydrogen-bond acceptors (Lipinski definition) is 1. The molecule has 0 bridgehead atoms. The maximum absolute atomic E-state index is 3.99. The van der Waals surface area contributed by atoms with Crippen molar-refractivity contribution in [3.63, 3.8) is 0 Å². The van der Waals surface area contributed by atoms with Gasteiger partial charge in [-0.25, -0.2) is 0 Å². The van der Waals surface area contributed by atoms with Crippen LogP contribution in [0.15, 0.2) is 36.4 Å². The van der Waals surface area contributed by atoms with Crippen LogP contribution in [-0.2, 0) is 0 Å². The summed E-state index contributed by atoms with van der Waals surface area (Å²) in [5.41, 5.74) is 2.66. The van der Waals surface area contributed by atoms with Crippen molar-refractivity contribution in [1.29, 1.82) is 0 Å². The topological polar surface area (TPSA) is 12.0 Å². The standard InChI is InChI=1S/C15H22IN/c1-4-10-17-15(9-8-12(2)3)13-6-5-7-14(16)11-13/h5-7,11,15,17H,2,4,8-10H2,1,3H3. The Morgan fingerprint density at radius 3 is 2.82 bits per heavy atom. The van der Waals surface area contributed by atoms with Gasteiger partial charge < -0.3 is 5.32 Å². The van der Waals surface area contributed by atoms with E-state index in [4.69, 9.17) is 0 Å². The molecule has 0 fully saturated rings. The van der Waals surface area contributed by atoms with Gasteiger partial charge in [0.1, 0.15) is 0 Å². The van der Waals surface area contributed by atoms with Crippen molar-refractivity contribution >= 4 is 22.6 Å². The Labute approximate surface area is 119 Å². The Kier molecular flexibility index (Phi) is 6.82. The number of rotatable bonds is 7. The molecule has 1 aromatic rings. The van der Waals surface area contributed by atoms with Gasteiger partial charge in [0.2, 0.25) is 0 Å². The SMILES string of the molecule is C=C(C)CCC(NCCC)c1cccc(I)c1. The Morgan fingerprint density at radius 2 is 2.24 bits per heavy atom. The van der Waals surface area contributed by atoms with Crippen molar-refractivity contribution in [2.24, 2.45) is 0 Å². The van der Waals surface area contributed by atoms with Gasteiger partial charge in [0.25, 0.3) is 0 Å². The van der Waals surface area contributed by atoms with Gasteiger partial charge in [-0.3, -0.25) is 0 Å². The summed E-state index contributed by atoms with van der Waals surface area (Å²) in [5, 5.41) is 3.62. The molecule has 17 heavy (non-hydrogen) atoms. The first kappa shape index (κ1) is 14.7. The summed E-state index contributed by atoms with van der Waals surface area (Å²) in [6, 6.07) is 9.22. The highest BCUT2D eigenvalue weighted by atomic mass is 127. The molecule has 0 heterocycles. The summed E-state index contributed by atoms with van der Waals surface area (Å²) >= 11 is 2.37. The maximum atomic E-state index is 3.99. The van der Waals surface area contributed by atoms with Gasteiger partial charge in [0, 0.05) is 9.61 Å². The normalized spacial score (nSPS) is 12.4. The molecular formula is C15H22IN. The van der Waals surface area contributed by atoms with Crippen molar-refractivity contribution in [2.75, 3.05) is 6.54 Å². The summed E-state index contributed by atoms with van der Waals surface area (Å²) in [6.07, 6.45) is 3.40. The molecule has 0 aliphatic heterocycles. The first-order valence-corrected chi connectivity index (χ1v) is 7.34. The Hall–Kier alpha value is -0.350. The summed E-state index contributed by atoms with van der Waals surface area (Å²) in [7, 11) is 0.